The van der Waals surface area contributed by atoms with Gasteiger partial charge in [0.25, 0.3) is 0 Å². The molecule has 40 heavy (non-hydrogen) atoms. The van der Waals surface area contributed by atoms with Crippen molar-refractivity contribution in [2.24, 2.45) is 0 Å². The van der Waals surface area contributed by atoms with Crippen LogP contribution in [0.3, 0.4) is 0 Å². The summed E-state index contributed by atoms with van der Waals surface area (Å²) in [6.07, 6.45) is 4.08. The Hall–Kier alpha value is -3.05. The van der Waals surface area contributed by atoms with Gasteiger partial charge in [-0.2, -0.15) is 4.31 Å². The largest absolute Gasteiger partial charge is 0.497 e. The summed E-state index contributed by atoms with van der Waals surface area (Å²) in [7, 11) is -0.871. The number of aryl methyl sites for hydroxylation is 1. The van der Waals surface area contributed by atoms with Gasteiger partial charge in [-0.05, 0) is 67.1 Å². The lowest BCUT2D eigenvalue weighted by atomic mass is 9.90. The molecule has 0 N–H and O–H groups in total. The topological polar surface area (TPSA) is 99.2 Å². The van der Waals surface area contributed by atoms with Crippen molar-refractivity contribution in [2.45, 2.75) is 43.4 Å². The molecule has 1 fully saturated rings. The predicted octanol–water partition coefficient (Wildman–Crippen LogP) is 4.52. The van der Waals surface area contributed by atoms with Crippen molar-refractivity contribution in [1.82, 2.24) is 4.31 Å². The van der Waals surface area contributed by atoms with Crippen LogP contribution in [0.1, 0.15) is 54.4 Å². The van der Waals surface area contributed by atoms with E-state index in [1.54, 1.807) is 24.5 Å². The summed E-state index contributed by atoms with van der Waals surface area (Å²) < 4.78 is 44.1. The third-order valence-electron chi connectivity index (χ3n) is 7.44. The minimum Gasteiger partial charge on any atom is -0.497 e. The van der Waals surface area contributed by atoms with Gasteiger partial charge < -0.3 is 14.2 Å². The molecule has 2 aromatic carbocycles. The van der Waals surface area contributed by atoms with E-state index in [-0.39, 0.29) is 53.7 Å². The summed E-state index contributed by atoms with van der Waals surface area (Å²) in [6.45, 7) is 1.11. The molecule has 2 heterocycles. The van der Waals surface area contributed by atoms with E-state index < -0.39 is 10.0 Å². The summed E-state index contributed by atoms with van der Waals surface area (Å²) in [5.74, 6) is 0.672. The Labute approximate surface area is 238 Å². The maximum Gasteiger partial charge on any atom is 0.246 e. The number of rotatable bonds is 10. The molecule has 1 aromatic heterocycles. The molecule has 212 valence electrons. The predicted molar refractivity (Wildman–Crippen MR) is 153 cm³/mol. The number of Topliss-reactive ketones (excluding diaryl/α,β-unsaturated/α-hetero) is 2. The molecule has 0 bridgehead atoms. The molecule has 0 saturated carbocycles. The van der Waals surface area contributed by atoms with Gasteiger partial charge in [-0.1, -0.05) is 12.1 Å². The number of benzene rings is 2. The molecule has 8 nitrogen and oxygen atoms in total. The first-order valence-electron chi connectivity index (χ1n) is 13.4. The van der Waals surface area contributed by atoms with Gasteiger partial charge in [0.2, 0.25) is 10.0 Å². The second-order valence-electron chi connectivity index (χ2n) is 9.94. The third kappa shape index (κ3) is 5.85. The Morgan fingerprint density at radius 3 is 2.35 bits per heavy atom. The zero-order valence-corrected chi connectivity index (χ0v) is 24.4. The maximum atomic E-state index is 13.6. The summed E-state index contributed by atoms with van der Waals surface area (Å²) >= 11 is 1.54. The molecule has 1 aliphatic carbocycles. The van der Waals surface area contributed by atoms with E-state index in [0.717, 1.165) is 47.4 Å². The second kappa shape index (κ2) is 12.2. The first-order valence-corrected chi connectivity index (χ1v) is 15.7. The van der Waals surface area contributed by atoms with E-state index >= 15 is 0 Å². The quantitative estimate of drug-likeness (QED) is 0.324. The Bertz CT molecular complexity index is 1500. The lowest BCUT2D eigenvalue weighted by molar-refractivity contribution is 0.0729. The zero-order valence-electron chi connectivity index (χ0n) is 22.7. The number of morpholine rings is 1. The van der Waals surface area contributed by atoms with Crippen LogP contribution in [0.4, 0.5) is 0 Å². The molecule has 0 radical (unpaired) electrons. The first-order chi connectivity index (χ1) is 19.3. The lowest BCUT2D eigenvalue weighted by Gasteiger charge is -2.26. The van der Waals surface area contributed by atoms with Crippen molar-refractivity contribution in [3.63, 3.8) is 0 Å². The fraction of sp³-hybridized carbons (Fsp3) is 0.400. The lowest BCUT2D eigenvalue weighted by Crippen LogP contribution is -2.40. The van der Waals surface area contributed by atoms with E-state index in [0.29, 0.717) is 18.8 Å². The van der Waals surface area contributed by atoms with Crippen LogP contribution >= 0.6 is 11.3 Å². The van der Waals surface area contributed by atoms with Crippen LogP contribution in [0.15, 0.2) is 47.4 Å². The standard InChI is InChI=1S/C30H33NO7S2/c1-36-22-10-7-20(8-11-22)17-25(33)30-23-5-3-4-6-27(23)39-28(30)19-24(32)21-9-12-26(37-2)29(18-21)40(34,35)31-13-15-38-16-14-31/h7-12,18H,3-6,13-17,19H2,1-2H3. The number of fused-ring (bicyclic) bond motifs is 1. The van der Waals surface area contributed by atoms with Crippen molar-refractivity contribution in [3.05, 3.63) is 74.5 Å². The van der Waals surface area contributed by atoms with Crippen LogP contribution in [-0.2, 0) is 40.4 Å². The van der Waals surface area contributed by atoms with Crippen molar-refractivity contribution >= 4 is 32.9 Å². The van der Waals surface area contributed by atoms with E-state index in [4.69, 9.17) is 14.2 Å². The van der Waals surface area contributed by atoms with Gasteiger partial charge in [-0.3, -0.25) is 9.59 Å². The third-order valence-corrected chi connectivity index (χ3v) is 10.7. The molecule has 2 aliphatic rings. The van der Waals surface area contributed by atoms with Gasteiger partial charge in [0.05, 0.1) is 27.4 Å². The fourth-order valence-corrected chi connectivity index (χ4v) is 8.32. The smallest absolute Gasteiger partial charge is 0.246 e. The van der Waals surface area contributed by atoms with E-state index in [2.05, 4.69) is 0 Å². The molecule has 5 rings (SSSR count). The molecule has 0 amide bonds. The molecule has 0 spiro atoms. The number of ether oxygens (including phenoxy) is 3. The highest BCUT2D eigenvalue weighted by Crippen LogP contribution is 2.37. The van der Waals surface area contributed by atoms with Crippen molar-refractivity contribution in [1.29, 1.82) is 0 Å². The van der Waals surface area contributed by atoms with Crippen LogP contribution < -0.4 is 9.47 Å². The Morgan fingerprint density at radius 2 is 1.65 bits per heavy atom. The zero-order chi connectivity index (χ0) is 28.3. The average Bonchev–Trinajstić information content (AvgIpc) is 3.35. The minimum absolute atomic E-state index is 0.00215. The Balaban J connectivity index is 1.44. The highest BCUT2D eigenvalue weighted by molar-refractivity contribution is 7.89. The molecular weight excluding hydrogens is 550 g/mol. The number of hydrogen-bond acceptors (Lipinski definition) is 8. The molecule has 0 unspecified atom stereocenters. The maximum absolute atomic E-state index is 13.6. The summed E-state index contributed by atoms with van der Waals surface area (Å²) in [6, 6.07) is 12.0. The van der Waals surface area contributed by atoms with Crippen LogP contribution in [0.2, 0.25) is 0 Å². The molecule has 3 aromatic rings. The fourth-order valence-electron chi connectivity index (χ4n) is 5.31. The van der Waals surface area contributed by atoms with Crippen LogP contribution in [0.25, 0.3) is 0 Å². The number of thiophene rings is 1. The van der Waals surface area contributed by atoms with E-state index in [1.165, 1.54) is 28.4 Å². The number of hydrogen-bond donors (Lipinski definition) is 0. The number of sulfonamides is 1. The van der Waals surface area contributed by atoms with Crippen LogP contribution in [0.5, 0.6) is 11.5 Å². The SMILES string of the molecule is COc1ccc(CC(=O)c2c(CC(=O)c3ccc(OC)c(S(=O)(=O)N4CCOCC4)c3)sc3c2CCCC3)cc1. The van der Waals surface area contributed by atoms with Gasteiger partial charge in [-0.25, -0.2) is 8.42 Å². The summed E-state index contributed by atoms with van der Waals surface area (Å²) in [4.78, 5) is 29.1. The average molecular weight is 584 g/mol. The monoisotopic (exact) mass is 583 g/mol. The normalized spacial score (nSPS) is 15.8. The van der Waals surface area contributed by atoms with Gasteiger partial charge in [0, 0.05) is 46.8 Å². The van der Waals surface area contributed by atoms with Crippen LogP contribution in [0, 0.1) is 0 Å². The number of carbonyl (C=O) groups excluding carboxylic acids is 2. The molecule has 1 aliphatic heterocycles. The molecular formula is C30H33NO7S2. The number of carbonyl (C=O) groups is 2. The highest BCUT2D eigenvalue weighted by atomic mass is 32.2. The van der Waals surface area contributed by atoms with Gasteiger partial charge in [0.15, 0.2) is 11.6 Å². The number of methoxy groups -OCH3 is 2. The van der Waals surface area contributed by atoms with Crippen molar-refractivity contribution < 1.29 is 32.2 Å². The molecule has 10 heteroatoms. The summed E-state index contributed by atoms with van der Waals surface area (Å²) in [5.41, 5.74) is 2.89. The van der Waals surface area contributed by atoms with Crippen molar-refractivity contribution in [3.8, 4) is 11.5 Å². The molecule has 1 saturated heterocycles. The Morgan fingerprint density at radius 1 is 0.925 bits per heavy atom. The second-order valence-corrected chi connectivity index (χ2v) is 13.0. The van der Waals surface area contributed by atoms with E-state index in [9.17, 15) is 18.0 Å². The van der Waals surface area contributed by atoms with Gasteiger partial charge in [0.1, 0.15) is 16.4 Å². The highest BCUT2D eigenvalue weighted by Gasteiger charge is 2.31. The van der Waals surface area contributed by atoms with Gasteiger partial charge >= 0.3 is 0 Å². The van der Waals surface area contributed by atoms with Crippen molar-refractivity contribution in [2.75, 3.05) is 40.5 Å². The number of ketones is 2. The van der Waals surface area contributed by atoms with Crippen LogP contribution in [-0.4, -0.2) is 64.8 Å². The van der Waals surface area contributed by atoms with E-state index in [1.807, 2.05) is 24.3 Å². The Kier molecular flexibility index (Phi) is 8.70. The van der Waals surface area contributed by atoms with Gasteiger partial charge in [-0.15, -0.1) is 11.3 Å². The summed E-state index contributed by atoms with van der Waals surface area (Å²) in [5, 5.41) is 0. The first kappa shape index (κ1) is 28.5. The molecule has 0 atom stereocenters. The minimum atomic E-state index is -3.88. The number of nitrogens with zero attached hydrogens (tertiary/aromatic N) is 1.